The fourth-order valence-electron chi connectivity index (χ4n) is 3.38. The lowest BCUT2D eigenvalue weighted by atomic mass is 10.1. The number of hydrogen-bond acceptors (Lipinski definition) is 5. The molecule has 1 aliphatic carbocycles. The zero-order valence-corrected chi connectivity index (χ0v) is 15.1. The third-order valence-electron chi connectivity index (χ3n) is 4.85. The van der Waals surface area contributed by atoms with Gasteiger partial charge in [0.1, 0.15) is 17.2 Å². The van der Waals surface area contributed by atoms with E-state index in [0.717, 1.165) is 18.2 Å². The number of carbonyl (C=O) groups is 1. The van der Waals surface area contributed by atoms with Gasteiger partial charge in [-0.15, -0.1) is 0 Å². The number of ether oxygens (including phenoxy) is 1. The summed E-state index contributed by atoms with van der Waals surface area (Å²) in [6.07, 6.45) is 1.77. The van der Waals surface area contributed by atoms with Crippen molar-refractivity contribution in [2.24, 2.45) is 0 Å². The first-order chi connectivity index (χ1) is 13.6. The number of carbonyl (C=O) groups excluding carboxylic acids is 1. The van der Waals surface area contributed by atoms with Crippen LogP contribution in [0.4, 0.5) is 0 Å². The molecule has 0 radical (unpaired) electrons. The van der Waals surface area contributed by atoms with E-state index in [1.807, 2.05) is 18.2 Å². The topological polar surface area (TPSA) is 95.2 Å². The van der Waals surface area contributed by atoms with E-state index in [-0.39, 0.29) is 18.1 Å². The molecule has 2 aromatic carbocycles. The molecule has 1 aromatic heterocycles. The van der Waals surface area contributed by atoms with Crippen molar-refractivity contribution in [3.8, 4) is 17.6 Å². The number of amides is 1. The summed E-state index contributed by atoms with van der Waals surface area (Å²) in [5, 5.41) is 22.2. The summed E-state index contributed by atoms with van der Waals surface area (Å²) in [5.74, 6) is 1.07. The summed E-state index contributed by atoms with van der Waals surface area (Å²) >= 11 is 0. The molecule has 4 rings (SSSR count). The molecule has 6 nitrogen and oxygen atoms in total. The molecule has 6 heteroatoms. The number of nitriles is 1. The van der Waals surface area contributed by atoms with Gasteiger partial charge in [0.05, 0.1) is 23.3 Å². The molecule has 0 bridgehead atoms. The second kappa shape index (κ2) is 7.67. The molecule has 1 heterocycles. The maximum Gasteiger partial charge on any atom is 0.270 e. The van der Waals surface area contributed by atoms with Gasteiger partial charge in [0, 0.05) is 11.4 Å². The number of nitrogens with zero attached hydrogens (tertiary/aromatic N) is 2. The molecule has 28 heavy (non-hydrogen) atoms. The van der Waals surface area contributed by atoms with E-state index in [2.05, 4.69) is 16.4 Å². The van der Waals surface area contributed by atoms with E-state index in [1.165, 1.54) is 0 Å². The van der Waals surface area contributed by atoms with Crippen LogP contribution in [-0.4, -0.2) is 28.1 Å². The minimum absolute atomic E-state index is 0.00296. The van der Waals surface area contributed by atoms with Crippen molar-refractivity contribution < 1.29 is 14.6 Å². The number of aliphatic hydroxyl groups is 1. The van der Waals surface area contributed by atoms with Gasteiger partial charge in [-0.1, -0.05) is 6.07 Å². The molecule has 0 aliphatic heterocycles. The van der Waals surface area contributed by atoms with Gasteiger partial charge in [-0.25, -0.2) is 4.98 Å². The van der Waals surface area contributed by atoms with Crippen molar-refractivity contribution in [1.29, 1.82) is 5.26 Å². The van der Waals surface area contributed by atoms with Crippen molar-refractivity contribution in [2.45, 2.75) is 31.4 Å². The quantitative estimate of drug-likeness (QED) is 0.729. The first kappa shape index (κ1) is 18.0. The molecular weight excluding hydrogens is 354 g/mol. The molecule has 0 spiro atoms. The third-order valence-corrected chi connectivity index (χ3v) is 4.85. The van der Waals surface area contributed by atoms with Crippen LogP contribution >= 0.6 is 0 Å². The summed E-state index contributed by atoms with van der Waals surface area (Å²) in [6, 6.07) is 18.0. The maximum atomic E-state index is 12.4. The third kappa shape index (κ3) is 3.95. The van der Waals surface area contributed by atoms with E-state index in [0.29, 0.717) is 34.7 Å². The van der Waals surface area contributed by atoms with Gasteiger partial charge in [-0.2, -0.15) is 5.26 Å². The molecule has 1 aliphatic rings. The average Bonchev–Trinajstić information content (AvgIpc) is 3.12. The monoisotopic (exact) mass is 373 g/mol. The molecule has 2 atom stereocenters. The number of aromatic nitrogens is 1. The van der Waals surface area contributed by atoms with Crippen LogP contribution in [0.1, 0.15) is 35.3 Å². The Morgan fingerprint density at radius 2 is 1.89 bits per heavy atom. The Balaban J connectivity index is 1.49. The minimum Gasteiger partial charge on any atom is -0.457 e. The molecule has 1 amide bonds. The summed E-state index contributed by atoms with van der Waals surface area (Å²) in [6.45, 7) is 0. The van der Waals surface area contributed by atoms with Crippen molar-refractivity contribution in [3.05, 3.63) is 65.9 Å². The van der Waals surface area contributed by atoms with Crippen LogP contribution in [0.3, 0.4) is 0 Å². The minimum atomic E-state index is -0.329. The summed E-state index contributed by atoms with van der Waals surface area (Å²) in [4.78, 5) is 16.8. The Morgan fingerprint density at radius 1 is 1.11 bits per heavy atom. The Hall–Kier alpha value is -3.43. The van der Waals surface area contributed by atoms with Gasteiger partial charge >= 0.3 is 0 Å². The summed E-state index contributed by atoms with van der Waals surface area (Å²) in [7, 11) is 0. The molecule has 140 valence electrons. The Labute approximate surface area is 162 Å². The highest BCUT2D eigenvalue weighted by Gasteiger charge is 2.24. The zero-order valence-electron chi connectivity index (χ0n) is 15.1. The average molecular weight is 373 g/mol. The zero-order chi connectivity index (χ0) is 19.5. The Kier molecular flexibility index (Phi) is 4.92. The predicted molar refractivity (Wildman–Crippen MR) is 104 cm³/mol. The summed E-state index contributed by atoms with van der Waals surface area (Å²) < 4.78 is 5.82. The number of nitrogens with one attached hydrogen (secondary N) is 1. The van der Waals surface area contributed by atoms with E-state index in [4.69, 9.17) is 10.00 Å². The fraction of sp³-hybridized carbons (Fsp3) is 0.227. The Morgan fingerprint density at radius 3 is 2.61 bits per heavy atom. The smallest absolute Gasteiger partial charge is 0.270 e. The molecular formula is C22H19N3O3. The number of benzene rings is 2. The van der Waals surface area contributed by atoms with Gasteiger partial charge in [0.15, 0.2) is 0 Å². The lowest BCUT2D eigenvalue weighted by Crippen LogP contribution is -2.33. The first-order valence-corrected chi connectivity index (χ1v) is 9.18. The van der Waals surface area contributed by atoms with Crippen molar-refractivity contribution in [1.82, 2.24) is 10.3 Å². The molecule has 3 aromatic rings. The van der Waals surface area contributed by atoms with Crippen LogP contribution in [-0.2, 0) is 0 Å². The largest absolute Gasteiger partial charge is 0.457 e. The number of aliphatic hydroxyl groups excluding tert-OH is 1. The van der Waals surface area contributed by atoms with Crippen LogP contribution in [0.25, 0.3) is 10.9 Å². The highest BCUT2D eigenvalue weighted by Crippen LogP contribution is 2.26. The number of hydrogen-bond donors (Lipinski definition) is 2. The fourth-order valence-corrected chi connectivity index (χ4v) is 3.38. The van der Waals surface area contributed by atoms with Gasteiger partial charge in [-0.05, 0) is 67.8 Å². The van der Waals surface area contributed by atoms with Crippen molar-refractivity contribution in [2.75, 3.05) is 0 Å². The SMILES string of the molecule is N#Cc1ccc(Oc2ccc3nc(C(=O)N[C@H]4CC[C@@H](O)C4)ccc3c2)cc1. The van der Waals surface area contributed by atoms with Crippen LogP contribution in [0.15, 0.2) is 54.6 Å². The first-order valence-electron chi connectivity index (χ1n) is 9.18. The molecule has 2 N–H and O–H groups in total. The number of fused-ring (bicyclic) bond motifs is 1. The molecule has 0 saturated heterocycles. The standard InChI is InChI=1S/C22H19N3O3/c23-13-14-1-6-18(7-2-14)28-19-8-10-20-15(11-19)3-9-21(25-20)22(27)24-16-4-5-17(26)12-16/h1-3,6-11,16-17,26H,4-5,12H2,(H,24,27)/t16-,17+/m0/s1. The highest BCUT2D eigenvalue weighted by molar-refractivity contribution is 5.95. The van der Waals surface area contributed by atoms with E-state index in [9.17, 15) is 9.90 Å². The van der Waals surface area contributed by atoms with Crippen LogP contribution in [0.2, 0.25) is 0 Å². The van der Waals surface area contributed by atoms with Gasteiger partial charge in [0.2, 0.25) is 0 Å². The lowest BCUT2D eigenvalue weighted by Gasteiger charge is -2.12. The lowest BCUT2D eigenvalue weighted by molar-refractivity contribution is 0.0929. The summed E-state index contributed by atoms with van der Waals surface area (Å²) in [5.41, 5.74) is 1.63. The van der Waals surface area contributed by atoms with E-state index >= 15 is 0 Å². The molecule has 1 saturated carbocycles. The second-order valence-electron chi connectivity index (χ2n) is 6.93. The van der Waals surface area contributed by atoms with Gasteiger partial charge < -0.3 is 15.2 Å². The molecule has 0 unspecified atom stereocenters. The van der Waals surface area contributed by atoms with E-state index < -0.39 is 0 Å². The van der Waals surface area contributed by atoms with Crippen LogP contribution < -0.4 is 10.1 Å². The normalized spacial score (nSPS) is 18.6. The van der Waals surface area contributed by atoms with Gasteiger partial charge in [-0.3, -0.25) is 4.79 Å². The van der Waals surface area contributed by atoms with Gasteiger partial charge in [0.25, 0.3) is 5.91 Å². The molecule has 1 fully saturated rings. The number of pyridine rings is 1. The second-order valence-corrected chi connectivity index (χ2v) is 6.93. The van der Waals surface area contributed by atoms with E-state index in [1.54, 1.807) is 36.4 Å². The van der Waals surface area contributed by atoms with Crippen LogP contribution in [0, 0.1) is 11.3 Å². The van der Waals surface area contributed by atoms with Crippen molar-refractivity contribution >= 4 is 16.8 Å². The highest BCUT2D eigenvalue weighted by atomic mass is 16.5. The van der Waals surface area contributed by atoms with Crippen molar-refractivity contribution in [3.63, 3.8) is 0 Å². The Bertz CT molecular complexity index is 1060. The number of rotatable bonds is 4. The van der Waals surface area contributed by atoms with Crippen LogP contribution in [0.5, 0.6) is 11.5 Å². The predicted octanol–water partition coefficient (Wildman–Crippen LogP) is 3.54. The maximum absolute atomic E-state index is 12.4.